The van der Waals surface area contributed by atoms with Crippen molar-refractivity contribution in [2.45, 2.75) is 24.0 Å². The zero-order valence-electron chi connectivity index (χ0n) is 25.0. The molecule has 0 saturated heterocycles. The van der Waals surface area contributed by atoms with Crippen molar-refractivity contribution in [1.82, 2.24) is 5.32 Å². The summed E-state index contributed by atoms with van der Waals surface area (Å²) in [6.45, 7) is 3.82. The van der Waals surface area contributed by atoms with Gasteiger partial charge in [-0.25, -0.2) is 0 Å². The van der Waals surface area contributed by atoms with E-state index in [1.165, 1.54) is 11.8 Å². The van der Waals surface area contributed by atoms with E-state index in [0.717, 1.165) is 27.4 Å². The van der Waals surface area contributed by atoms with Gasteiger partial charge in [-0.05, 0) is 85.6 Å². The first kappa shape index (κ1) is 31.0. The zero-order valence-corrected chi connectivity index (χ0v) is 25.8. The topological polar surface area (TPSA) is 78.5 Å². The average Bonchev–Trinajstić information content (AvgIpc) is 3.07. The van der Waals surface area contributed by atoms with E-state index in [0.29, 0.717) is 11.3 Å². The molecule has 224 valence electrons. The average molecular weight is 612 g/mol. The van der Waals surface area contributed by atoms with Crippen molar-refractivity contribution < 1.29 is 14.4 Å². The smallest absolute Gasteiger partial charge is 0.272 e. The minimum absolute atomic E-state index is 0.0705. The summed E-state index contributed by atoms with van der Waals surface area (Å²) in [6, 6.07) is 42.9. The highest BCUT2D eigenvalue weighted by Gasteiger charge is 2.24. The Bertz CT molecular complexity index is 1770. The van der Waals surface area contributed by atoms with E-state index in [1.54, 1.807) is 41.3 Å². The molecule has 2 N–H and O–H groups in total. The number of anilines is 3. The summed E-state index contributed by atoms with van der Waals surface area (Å²) < 4.78 is 0. The largest absolute Gasteiger partial charge is 0.321 e. The summed E-state index contributed by atoms with van der Waals surface area (Å²) in [5, 5.41) is 5.28. The lowest BCUT2D eigenvalue weighted by molar-refractivity contribution is -0.117. The van der Waals surface area contributed by atoms with Gasteiger partial charge in [0.15, 0.2) is 0 Å². The van der Waals surface area contributed by atoms with Gasteiger partial charge in [0, 0.05) is 27.5 Å². The van der Waals surface area contributed by atoms with Crippen LogP contribution in [0.4, 0.5) is 17.1 Å². The van der Waals surface area contributed by atoms with E-state index >= 15 is 0 Å². The number of nitrogens with one attached hydrogen (secondary N) is 2. The molecule has 0 heterocycles. The second-order valence-electron chi connectivity index (χ2n) is 10.3. The number of amides is 3. The minimum atomic E-state index is -0.465. The van der Waals surface area contributed by atoms with Crippen molar-refractivity contribution in [1.29, 1.82) is 0 Å². The van der Waals surface area contributed by atoms with Crippen molar-refractivity contribution >= 4 is 52.6 Å². The summed E-state index contributed by atoms with van der Waals surface area (Å²) in [5.74, 6) is -0.921. The molecule has 6 nitrogen and oxygen atoms in total. The lowest BCUT2D eigenvalue weighted by Gasteiger charge is -2.26. The molecule has 0 aliphatic rings. The fourth-order valence-corrected chi connectivity index (χ4v) is 5.65. The molecular weight excluding hydrogens is 579 g/mol. The summed E-state index contributed by atoms with van der Waals surface area (Å²) >= 11 is 1.40. The second-order valence-corrected chi connectivity index (χ2v) is 11.7. The molecule has 5 aromatic rings. The van der Waals surface area contributed by atoms with Gasteiger partial charge in [0.1, 0.15) is 5.70 Å². The van der Waals surface area contributed by atoms with Crippen LogP contribution in [0.5, 0.6) is 0 Å². The maximum Gasteiger partial charge on any atom is 0.272 e. The number of benzene rings is 5. The number of thioether (sulfide) groups is 1. The molecule has 5 rings (SSSR count). The van der Waals surface area contributed by atoms with Gasteiger partial charge in [-0.1, -0.05) is 84.9 Å². The number of carbonyl (C=O) groups is 3. The van der Waals surface area contributed by atoms with E-state index in [4.69, 9.17) is 0 Å². The molecule has 0 spiro atoms. The third kappa shape index (κ3) is 8.16. The van der Waals surface area contributed by atoms with E-state index in [2.05, 4.69) is 10.6 Å². The summed E-state index contributed by atoms with van der Waals surface area (Å²) in [6.07, 6.45) is 1.67. The lowest BCUT2D eigenvalue weighted by atomic mass is 10.1. The Kier molecular flexibility index (Phi) is 10.2. The van der Waals surface area contributed by atoms with Gasteiger partial charge < -0.3 is 10.6 Å². The Labute approximate surface area is 267 Å². The summed E-state index contributed by atoms with van der Waals surface area (Å²) in [5.41, 5.74) is 4.44. The van der Waals surface area contributed by atoms with Crippen molar-refractivity contribution in [3.05, 3.63) is 162 Å². The third-order valence-corrected chi connectivity index (χ3v) is 8.10. The SMILES string of the molecule is Cc1ccccc1/C=C(\NC(=O)c1ccccc1)C(=O)Nc1cccc(SC(C)C(=O)N(c2ccccc2)c2ccccc2)c1. The molecule has 0 aliphatic carbocycles. The van der Waals surface area contributed by atoms with Crippen LogP contribution in [-0.4, -0.2) is 23.0 Å². The van der Waals surface area contributed by atoms with Crippen molar-refractivity contribution in [2.24, 2.45) is 0 Å². The standard InChI is InChI=1S/C38H33N3O3S/c1-27-15-12-13-18-30(27)25-35(40-36(42)29-16-6-3-7-17-29)37(43)39-31-19-14-24-34(26-31)45-28(2)38(44)41(32-20-8-4-9-21-32)33-22-10-5-11-23-33/h3-26,28H,1-2H3,(H,39,43)(H,40,42)/b35-25-. The molecule has 3 amide bonds. The first-order chi connectivity index (χ1) is 21.9. The van der Waals surface area contributed by atoms with Crippen molar-refractivity contribution in [2.75, 3.05) is 10.2 Å². The first-order valence-corrected chi connectivity index (χ1v) is 15.4. The highest BCUT2D eigenvalue weighted by Crippen LogP contribution is 2.32. The van der Waals surface area contributed by atoms with E-state index in [1.807, 2.05) is 123 Å². The predicted octanol–water partition coefficient (Wildman–Crippen LogP) is 8.25. The molecule has 0 radical (unpaired) electrons. The number of aryl methyl sites for hydroxylation is 1. The quantitative estimate of drug-likeness (QED) is 0.123. The van der Waals surface area contributed by atoms with Crippen LogP contribution >= 0.6 is 11.8 Å². The van der Waals surface area contributed by atoms with Gasteiger partial charge in [-0.15, -0.1) is 11.8 Å². The normalized spacial score (nSPS) is 11.7. The molecule has 0 aliphatic heterocycles. The van der Waals surface area contributed by atoms with Crippen LogP contribution in [0.15, 0.2) is 150 Å². The molecule has 0 aromatic heterocycles. The van der Waals surface area contributed by atoms with Crippen LogP contribution < -0.4 is 15.5 Å². The maximum atomic E-state index is 13.8. The number of para-hydroxylation sites is 2. The third-order valence-electron chi connectivity index (χ3n) is 7.02. The molecular formula is C38H33N3O3S. The van der Waals surface area contributed by atoms with Crippen LogP contribution in [0.2, 0.25) is 0 Å². The minimum Gasteiger partial charge on any atom is -0.321 e. The van der Waals surface area contributed by atoms with Gasteiger partial charge in [0.05, 0.1) is 5.25 Å². The first-order valence-electron chi connectivity index (χ1n) is 14.5. The number of hydrogen-bond donors (Lipinski definition) is 2. The van der Waals surface area contributed by atoms with E-state index in [-0.39, 0.29) is 17.5 Å². The van der Waals surface area contributed by atoms with Gasteiger partial charge >= 0.3 is 0 Å². The monoisotopic (exact) mass is 611 g/mol. The van der Waals surface area contributed by atoms with Crippen LogP contribution in [0.1, 0.15) is 28.4 Å². The van der Waals surface area contributed by atoms with Crippen LogP contribution in [0, 0.1) is 6.92 Å². The Morgan fingerprint density at radius 3 is 1.91 bits per heavy atom. The fourth-order valence-electron chi connectivity index (χ4n) is 4.69. The molecule has 1 atom stereocenters. The number of rotatable bonds is 10. The number of nitrogens with zero attached hydrogens (tertiary/aromatic N) is 1. The molecule has 0 saturated carbocycles. The van der Waals surface area contributed by atoms with Crippen molar-refractivity contribution in [3.8, 4) is 0 Å². The Morgan fingerprint density at radius 1 is 0.711 bits per heavy atom. The van der Waals surface area contributed by atoms with Gasteiger partial charge in [0.2, 0.25) is 5.91 Å². The predicted molar refractivity (Wildman–Crippen MR) is 183 cm³/mol. The van der Waals surface area contributed by atoms with Crippen molar-refractivity contribution in [3.63, 3.8) is 0 Å². The Morgan fingerprint density at radius 2 is 1.29 bits per heavy atom. The van der Waals surface area contributed by atoms with Gasteiger partial charge in [0.25, 0.3) is 11.8 Å². The molecule has 0 fully saturated rings. The highest BCUT2D eigenvalue weighted by atomic mass is 32.2. The maximum absolute atomic E-state index is 13.8. The van der Waals surface area contributed by atoms with Gasteiger partial charge in [-0.2, -0.15) is 0 Å². The van der Waals surface area contributed by atoms with Crippen LogP contribution in [0.25, 0.3) is 6.08 Å². The number of hydrogen-bond acceptors (Lipinski definition) is 4. The highest BCUT2D eigenvalue weighted by molar-refractivity contribution is 8.00. The van der Waals surface area contributed by atoms with E-state index < -0.39 is 11.2 Å². The van der Waals surface area contributed by atoms with Gasteiger partial charge in [-0.3, -0.25) is 19.3 Å². The number of carbonyl (C=O) groups excluding carboxylic acids is 3. The Balaban J connectivity index is 1.35. The molecule has 5 aromatic carbocycles. The van der Waals surface area contributed by atoms with Crippen LogP contribution in [-0.2, 0) is 9.59 Å². The summed E-state index contributed by atoms with van der Waals surface area (Å²) in [4.78, 5) is 42.9. The molecule has 45 heavy (non-hydrogen) atoms. The molecule has 0 bridgehead atoms. The zero-order chi connectivity index (χ0) is 31.6. The molecule has 7 heteroatoms. The Hall–Kier alpha value is -5.40. The lowest BCUT2D eigenvalue weighted by Crippen LogP contribution is -2.32. The second kappa shape index (κ2) is 14.9. The van der Waals surface area contributed by atoms with E-state index in [9.17, 15) is 14.4 Å². The fraction of sp³-hybridized carbons (Fsp3) is 0.0789. The van der Waals surface area contributed by atoms with Crippen LogP contribution in [0.3, 0.4) is 0 Å². The summed E-state index contributed by atoms with van der Waals surface area (Å²) in [7, 11) is 0. The molecule has 1 unspecified atom stereocenters.